The van der Waals surface area contributed by atoms with Gasteiger partial charge in [-0.25, -0.2) is 0 Å². The predicted molar refractivity (Wildman–Crippen MR) is 79.6 cm³/mol. The van der Waals surface area contributed by atoms with Crippen LogP contribution in [0.3, 0.4) is 0 Å². The van der Waals surface area contributed by atoms with Gasteiger partial charge in [0.25, 0.3) is 0 Å². The van der Waals surface area contributed by atoms with E-state index in [0.717, 1.165) is 17.3 Å². The first kappa shape index (κ1) is 13.6. The fraction of sp³-hybridized carbons (Fsp3) is 0.400. The molecule has 1 aliphatic rings. The molecule has 3 N–H and O–H groups in total. The normalized spacial score (nSPS) is 20.2. The van der Waals surface area contributed by atoms with Gasteiger partial charge in [-0.2, -0.15) is 5.10 Å². The summed E-state index contributed by atoms with van der Waals surface area (Å²) in [7, 11) is 0. The summed E-state index contributed by atoms with van der Waals surface area (Å²) in [5.74, 6) is 0.566. The van der Waals surface area contributed by atoms with Crippen molar-refractivity contribution in [3.05, 3.63) is 24.4 Å². The number of anilines is 1. The molecule has 2 atom stereocenters. The highest BCUT2D eigenvalue weighted by molar-refractivity contribution is 6.00. The lowest BCUT2D eigenvalue weighted by atomic mass is 10.2. The van der Waals surface area contributed by atoms with Crippen LogP contribution in [0.25, 0.3) is 10.9 Å². The van der Waals surface area contributed by atoms with Crippen molar-refractivity contribution in [1.29, 1.82) is 0 Å². The molecule has 2 amide bonds. The van der Waals surface area contributed by atoms with Crippen LogP contribution in [0.1, 0.15) is 19.8 Å². The maximum Gasteiger partial charge on any atom is 0.226 e. The Morgan fingerprint density at radius 2 is 2.24 bits per heavy atom. The minimum atomic E-state index is -0.124. The molecule has 1 aromatic carbocycles. The molecule has 21 heavy (non-hydrogen) atoms. The number of H-pyrrole nitrogens is 1. The molecular weight excluding hydrogens is 268 g/mol. The highest BCUT2D eigenvalue weighted by Gasteiger charge is 2.38. The Morgan fingerprint density at radius 1 is 1.43 bits per heavy atom. The van der Waals surface area contributed by atoms with Gasteiger partial charge < -0.3 is 10.6 Å². The second kappa shape index (κ2) is 5.55. The number of nitrogens with zero attached hydrogens (tertiary/aromatic N) is 1. The maximum absolute atomic E-state index is 11.9. The van der Waals surface area contributed by atoms with E-state index in [0.29, 0.717) is 18.2 Å². The summed E-state index contributed by atoms with van der Waals surface area (Å²) in [5, 5.41) is 13.4. The number of benzene rings is 1. The van der Waals surface area contributed by atoms with Crippen molar-refractivity contribution < 1.29 is 9.59 Å². The zero-order chi connectivity index (χ0) is 14.8. The van der Waals surface area contributed by atoms with Crippen molar-refractivity contribution in [2.45, 2.75) is 19.8 Å². The minimum Gasteiger partial charge on any atom is -0.355 e. The Bertz CT molecular complexity index is 679. The van der Waals surface area contributed by atoms with Crippen molar-refractivity contribution in [1.82, 2.24) is 15.5 Å². The third-order valence-corrected chi connectivity index (χ3v) is 3.85. The molecule has 0 bridgehead atoms. The van der Waals surface area contributed by atoms with Crippen LogP contribution in [-0.4, -0.2) is 28.6 Å². The summed E-state index contributed by atoms with van der Waals surface area (Å²) >= 11 is 0. The molecular formula is C15H18N4O2. The minimum absolute atomic E-state index is 0.0611. The highest BCUT2D eigenvalue weighted by atomic mass is 16.2. The number of aromatic amines is 1. The van der Waals surface area contributed by atoms with E-state index >= 15 is 0 Å². The van der Waals surface area contributed by atoms with Crippen molar-refractivity contribution in [3.8, 4) is 0 Å². The van der Waals surface area contributed by atoms with Crippen LogP contribution in [0.5, 0.6) is 0 Å². The number of hydrogen-bond donors (Lipinski definition) is 3. The number of carbonyl (C=O) groups is 2. The fourth-order valence-corrected chi connectivity index (χ4v) is 2.40. The first-order valence-electron chi connectivity index (χ1n) is 7.15. The Balaban J connectivity index is 1.50. The van der Waals surface area contributed by atoms with E-state index in [1.807, 2.05) is 18.2 Å². The van der Waals surface area contributed by atoms with E-state index in [-0.39, 0.29) is 24.2 Å². The second-order valence-electron chi connectivity index (χ2n) is 5.55. The van der Waals surface area contributed by atoms with Crippen LogP contribution in [0, 0.1) is 11.8 Å². The number of aromatic nitrogens is 2. The maximum atomic E-state index is 11.9. The summed E-state index contributed by atoms with van der Waals surface area (Å²) in [4.78, 5) is 23.6. The first-order valence-corrected chi connectivity index (χ1v) is 7.15. The molecule has 1 saturated carbocycles. The van der Waals surface area contributed by atoms with Crippen LogP contribution in [0.4, 0.5) is 5.69 Å². The van der Waals surface area contributed by atoms with Gasteiger partial charge in [-0.05, 0) is 18.4 Å². The number of para-hydroxylation sites is 1. The second-order valence-corrected chi connectivity index (χ2v) is 5.55. The first-order chi connectivity index (χ1) is 10.1. The number of nitrogens with one attached hydrogen (secondary N) is 3. The van der Waals surface area contributed by atoms with Gasteiger partial charge in [-0.3, -0.25) is 14.7 Å². The number of fused-ring (bicyclic) bond motifs is 1. The molecule has 6 nitrogen and oxygen atoms in total. The number of rotatable bonds is 5. The van der Waals surface area contributed by atoms with Gasteiger partial charge in [0.2, 0.25) is 11.8 Å². The zero-order valence-corrected chi connectivity index (χ0v) is 11.8. The Hall–Kier alpha value is -2.37. The standard InChI is InChI=1S/C15H18N4O2/c1-9-7-11(9)15(21)16-6-5-13(20)18-12-4-2-3-10-8-17-19-14(10)12/h2-4,8-9,11H,5-7H2,1H3,(H,16,21)(H,17,19)(H,18,20)/t9-,11-/m0/s1. The quantitative estimate of drug-likeness (QED) is 0.781. The summed E-state index contributed by atoms with van der Waals surface area (Å²) in [6.45, 7) is 2.43. The third kappa shape index (κ3) is 3.04. The van der Waals surface area contributed by atoms with Gasteiger partial charge in [0.15, 0.2) is 0 Å². The molecule has 110 valence electrons. The Labute approximate surface area is 122 Å². The van der Waals surface area contributed by atoms with Crippen LogP contribution in [0.15, 0.2) is 24.4 Å². The van der Waals surface area contributed by atoms with Gasteiger partial charge in [-0.1, -0.05) is 19.1 Å². The number of hydrogen-bond acceptors (Lipinski definition) is 3. The fourth-order valence-electron chi connectivity index (χ4n) is 2.40. The van der Waals surface area contributed by atoms with Gasteiger partial charge >= 0.3 is 0 Å². The molecule has 0 spiro atoms. The average molecular weight is 286 g/mol. The topological polar surface area (TPSA) is 86.9 Å². The molecule has 0 aliphatic heterocycles. The van der Waals surface area contributed by atoms with E-state index in [4.69, 9.17) is 0 Å². The molecule has 0 radical (unpaired) electrons. The molecule has 1 heterocycles. The molecule has 2 aromatic rings. The summed E-state index contributed by atoms with van der Waals surface area (Å²) in [5.41, 5.74) is 1.51. The molecule has 0 unspecified atom stereocenters. The Morgan fingerprint density at radius 3 is 3.00 bits per heavy atom. The van der Waals surface area contributed by atoms with Crippen LogP contribution < -0.4 is 10.6 Å². The molecule has 1 aromatic heterocycles. The lowest BCUT2D eigenvalue weighted by molar-refractivity contribution is -0.122. The van der Waals surface area contributed by atoms with E-state index in [2.05, 4.69) is 27.8 Å². The number of carbonyl (C=O) groups excluding carboxylic acids is 2. The monoisotopic (exact) mass is 286 g/mol. The lowest BCUT2D eigenvalue weighted by Crippen LogP contribution is -2.29. The van der Waals surface area contributed by atoms with E-state index in [1.54, 1.807) is 6.20 Å². The van der Waals surface area contributed by atoms with Crippen LogP contribution in [0.2, 0.25) is 0 Å². The molecule has 1 aliphatic carbocycles. The van der Waals surface area contributed by atoms with Gasteiger partial charge in [0.05, 0.1) is 17.4 Å². The highest BCUT2D eigenvalue weighted by Crippen LogP contribution is 2.37. The van der Waals surface area contributed by atoms with Crippen molar-refractivity contribution in [3.63, 3.8) is 0 Å². The predicted octanol–water partition coefficient (Wildman–Crippen LogP) is 1.66. The number of amides is 2. The average Bonchev–Trinajstić information content (AvgIpc) is 3.00. The summed E-state index contributed by atoms with van der Waals surface area (Å²) in [6, 6.07) is 5.61. The van der Waals surface area contributed by atoms with Crippen LogP contribution in [-0.2, 0) is 9.59 Å². The molecule has 1 fully saturated rings. The smallest absolute Gasteiger partial charge is 0.226 e. The third-order valence-electron chi connectivity index (χ3n) is 3.85. The summed E-state index contributed by atoms with van der Waals surface area (Å²) < 4.78 is 0. The Kier molecular flexibility index (Phi) is 3.60. The SMILES string of the molecule is C[C@H]1C[C@@H]1C(=O)NCCC(=O)Nc1cccc2cn[nH]c12. The van der Waals surface area contributed by atoms with Crippen LogP contribution >= 0.6 is 0 Å². The molecule has 3 rings (SSSR count). The van der Waals surface area contributed by atoms with Gasteiger partial charge in [-0.15, -0.1) is 0 Å². The summed E-state index contributed by atoms with van der Waals surface area (Å²) in [6.07, 6.45) is 2.93. The van der Waals surface area contributed by atoms with E-state index < -0.39 is 0 Å². The zero-order valence-electron chi connectivity index (χ0n) is 11.8. The van der Waals surface area contributed by atoms with Gasteiger partial charge in [0.1, 0.15) is 0 Å². The lowest BCUT2D eigenvalue weighted by Gasteiger charge is -2.07. The van der Waals surface area contributed by atoms with Gasteiger partial charge in [0, 0.05) is 24.3 Å². The van der Waals surface area contributed by atoms with Crippen molar-refractivity contribution in [2.24, 2.45) is 11.8 Å². The van der Waals surface area contributed by atoms with Crippen molar-refractivity contribution >= 4 is 28.4 Å². The molecule has 0 saturated heterocycles. The van der Waals surface area contributed by atoms with E-state index in [1.165, 1.54) is 0 Å². The largest absolute Gasteiger partial charge is 0.355 e. The molecule has 6 heteroatoms. The van der Waals surface area contributed by atoms with Crippen molar-refractivity contribution in [2.75, 3.05) is 11.9 Å². The van der Waals surface area contributed by atoms with E-state index in [9.17, 15) is 9.59 Å².